The lowest BCUT2D eigenvalue weighted by atomic mass is 10.00. The highest BCUT2D eigenvalue weighted by atomic mass is 19.1. The first-order chi connectivity index (χ1) is 10.2. The summed E-state index contributed by atoms with van der Waals surface area (Å²) in [5.41, 5.74) is 7.28. The van der Waals surface area contributed by atoms with Gasteiger partial charge in [-0.25, -0.2) is 4.39 Å². The number of unbranched alkanes of at least 4 members (excludes halogenated alkanes) is 8. The molecule has 1 atom stereocenters. The molecule has 120 valence electrons. The second kappa shape index (κ2) is 11.7. The van der Waals surface area contributed by atoms with Gasteiger partial charge in [0, 0.05) is 6.04 Å². The van der Waals surface area contributed by atoms with Crippen molar-refractivity contribution in [1.82, 2.24) is 0 Å². The van der Waals surface area contributed by atoms with Crippen LogP contribution in [0, 0.1) is 5.82 Å². The molecule has 0 amide bonds. The van der Waals surface area contributed by atoms with Crippen LogP contribution in [-0.2, 0) is 6.42 Å². The number of benzene rings is 1. The van der Waals surface area contributed by atoms with Gasteiger partial charge in [0.2, 0.25) is 0 Å². The predicted octanol–water partition coefficient (Wildman–Crippen LogP) is 5.62. The van der Waals surface area contributed by atoms with E-state index in [1.54, 1.807) is 0 Å². The fourth-order valence-corrected chi connectivity index (χ4v) is 2.74. The van der Waals surface area contributed by atoms with E-state index in [1.165, 1.54) is 69.9 Å². The van der Waals surface area contributed by atoms with Gasteiger partial charge in [0.15, 0.2) is 0 Å². The fraction of sp³-hybridized carbons (Fsp3) is 0.684. The van der Waals surface area contributed by atoms with Gasteiger partial charge in [0.1, 0.15) is 5.82 Å². The summed E-state index contributed by atoms with van der Waals surface area (Å²) < 4.78 is 12.8. The molecule has 0 aliphatic heterocycles. The number of nitrogens with two attached hydrogens (primary N) is 1. The first-order valence-corrected chi connectivity index (χ1v) is 8.72. The monoisotopic (exact) mass is 293 g/mol. The number of hydrogen-bond donors (Lipinski definition) is 1. The first-order valence-electron chi connectivity index (χ1n) is 8.72. The molecule has 21 heavy (non-hydrogen) atoms. The van der Waals surface area contributed by atoms with E-state index in [0.29, 0.717) is 0 Å². The molecule has 1 unspecified atom stereocenters. The summed E-state index contributed by atoms with van der Waals surface area (Å²) in [5, 5.41) is 0. The molecule has 0 saturated heterocycles. The predicted molar refractivity (Wildman–Crippen MR) is 89.9 cm³/mol. The normalized spacial score (nSPS) is 12.5. The molecule has 0 spiro atoms. The maximum absolute atomic E-state index is 12.8. The molecule has 2 heteroatoms. The van der Waals surface area contributed by atoms with E-state index in [9.17, 15) is 4.39 Å². The topological polar surface area (TPSA) is 26.0 Å². The van der Waals surface area contributed by atoms with Crippen molar-refractivity contribution in [3.8, 4) is 0 Å². The van der Waals surface area contributed by atoms with Crippen molar-refractivity contribution in [1.29, 1.82) is 0 Å². The van der Waals surface area contributed by atoms with Crippen LogP contribution in [0.15, 0.2) is 24.3 Å². The quantitative estimate of drug-likeness (QED) is 0.497. The smallest absolute Gasteiger partial charge is 0.123 e. The molecule has 1 aromatic carbocycles. The molecular formula is C19H32FN. The van der Waals surface area contributed by atoms with Crippen LogP contribution in [0.3, 0.4) is 0 Å². The lowest BCUT2D eigenvalue weighted by Gasteiger charge is -2.11. The van der Waals surface area contributed by atoms with Crippen LogP contribution in [0.5, 0.6) is 0 Å². The molecule has 1 rings (SSSR count). The molecule has 0 bridgehead atoms. The van der Waals surface area contributed by atoms with Gasteiger partial charge in [-0.1, -0.05) is 76.8 Å². The van der Waals surface area contributed by atoms with Crippen LogP contribution in [0.4, 0.5) is 4.39 Å². The van der Waals surface area contributed by atoms with Crippen LogP contribution < -0.4 is 5.73 Å². The van der Waals surface area contributed by atoms with E-state index in [0.717, 1.165) is 18.4 Å². The van der Waals surface area contributed by atoms with Crippen LogP contribution in [-0.4, -0.2) is 6.04 Å². The molecule has 0 aliphatic carbocycles. The standard InChI is InChI=1S/C19H32FN/c1-2-3-4-5-6-7-8-9-10-11-19(21)16-17-12-14-18(20)15-13-17/h12-15,19H,2-11,16,21H2,1H3. The summed E-state index contributed by atoms with van der Waals surface area (Å²) in [4.78, 5) is 0. The van der Waals surface area contributed by atoms with E-state index in [2.05, 4.69) is 6.92 Å². The van der Waals surface area contributed by atoms with Crippen LogP contribution in [0.2, 0.25) is 0 Å². The van der Waals surface area contributed by atoms with Gasteiger partial charge < -0.3 is 5.73 Å². The summed E-state index contributed by atoms with van der Waals surface area (Å²) >= 11 is 0. The highest BCUT2D eigenvalue weighted by Gasteiger charge is 2.04. The van der Waals surface area contributed by atoms with Gasteiger partial charge >= 0.3 is 0 Å². The van der Waals surface area contributed by atoms with Gasteiger partial charge in [-0.2, -0.15) is 0 Å². The third-order valence-corrected chi connectivity index (χ3v) is 4.09. The third kappa shape index (κ3) is 9.62. The second-order valence-corrected chi connectivity index (χ2v) is 6.21. The zero-order valence-corrected chi connectivity index (χ0v) is 13.6. The molecule has 1 nitrogen and oxygen atoms in total. The Hall–Kier alpha value is -0.890. The van der Waals surface area contributed by atoms with Crippen LogP contribution in [0.25, 0.3) is 0 Å². The largest absolute Gasteiger partial charge is 0.327 e. The highest BCUT2D eigenvalue weighted by Crippen LogP contribution is 2.13. The van der Waals surface area contributed by atoms with E-state index < -0.39 is 0 Å². The average molecular weight is 293 g/mol. The van der Waals surface area contributed by atoms with Gasteiger partial charge in [-0.15, -0.1) is 0 Å². The van der Waals surface area contributed by atoms with Crippen molar-refractivity contribution < 1.29 is 4.39 Å². The van der Waals surface area contributed by atoms with Crippen molar-refractivity contribution in [2.75, 3.05) is 0 Å². The first kappa shape index (κ1) is 18.2. The minimum Gasteiger partial charge on any atom is -0.327 e. The van der Waals surface area contributed by atoms with Gasteiger partial charge in [0.25, 0.3) is 0 Å². The van der Waals surface area contributed by atoms with E-state index >= 15 is 0 Å². The number of rotatable bonds is 12. The van der Waals surface area contributed by atoms with E-state index in [4.69, 9.17) is 5.73 Å². The number of hydrogen-bond acceptors (Lipinski definition) is 1. The lowest BCUT2D eigenvalue weighted by molar-refractivity contribution is 0.522. The lowest BCUT2D eigenvalue weighted by Crippen LogP contribution is -2.22. The van der Waals surface area contributed by atoms with Gasteiger partial charge in [-0.3, -0.25) is 0 Å². The van der Waals surface area contributed by atoms with Crippen molar-refractivity contribution in [3.63, 3.8) is 0 Å². The summed E-state index contributed by atoms with van der Waals surface area (Å²) in [6, 6.07) is 6.91. The summed E-state index contributed by atoms with van der Waals surface area (Å²) in [6.45, 7) is 2.26. The summed E-state index contributed by atoms with van der Waals surface area (Å²) in [5.74, 6) is -0.175. The van der Waals surface area contributed by atoms with Crippen molar-refractivity contribution in [2.45, 2.75) is 83.6 Å². The zero-order chi connectivity index (χ0) is 15.3. The van der Waals surface area contributed by atoms with Crippen molar-refractivity contribution in [3.05, 3.63) is 35.6 Å². The zero-order valence-electron chi connectivity index (χ0n) is 13.6. The molecule has 1 aromatic rings. The third-order valence-electron chi connectivity index (χ3n) is 4.09. The maximum atomic E-state index is 12.8. The second-order valence-electron chi connectivity index (χ2n) is 6.21. The highest BCUT2D eigenvalue weighted by molar-refractivity contribution is 5.16. The molecule has 2 N–H and O–H groups in total. The van der Waals surface area contributed by atoms with Gasteiger partial charge in [0.05, 0.1) is 0 Å². The molecule has 0 saturated carbocycles. The molecule has 0 heterocycles. The molecule has 0 radical (unpaired) electrons. The maximum Gasteiger partial charge on any atom is 0.123 e. The van der Waals surface area contributed by atoms with Crippen molar-refractivity contribution in [2.24, 2.45) is 5.73 Å². The van der Waals surface area contributed by atoms with E-state index in [1.807, 2.05) is 12.1 Å². The molecule has 0 aromatic heterocycles. The Morgan fingerprint density at radius 3 is 1.95 bits per heavy atom. The van der Waals surface area contributed by atoms with Crippen LogP contribution >= 0.6 is 0 Å². The Kier molecular flexibility index (Phi) is 10.1. The Bertz CT molecular complexity index is 347. The van der Waals surface area contributed by atoms with E-state index in [-0.39, 0.29) is 11.9 Å². The minimum atomic E-state index is -0.175. The Labute approximate surface area is 130 Å². The Morgan fingerprint density at radius 1 is 0.857 bits per heavy atom. The Morgan fingerprint density at radius 2 is 1.38 bits per heavy atom. The molecular weight excluding hydrogens is 261 g/mol. The summed E-state index contributed by atoms with van der Waals surface area (Å²) in [7, 11) is 0. The average Bonchev–Trinajstić information content (AvgIpc) is 2.48. The van der Waals surface area contributed by atoms with Crippen molar-refractivity contribution >= 4 is 0 Å². The SMILES string of the molecule is CCCCCCCCCCCC(N)Cc1ccc(F)cc1. The van der Waals surface area contributed by atoms with Crippen LogP contribution in [0.1, 0.15) is 76.7 Å². The minimum absolute atomic E-state index is 0.175. The van der Waals surface area contributed by atoms with Gasteiger partial charge in [-0.05, 0) is 30.5 Å². The molecule has 0 fully saturated rings. The number of halogens is 1. The fourth-order valence-electron chi connectivity index (χ4n) is 2.74. The Balaban J connectivity index is 1.96. The summed E-state index contributed by atoms with van der Waals surface area (Å²) in [6.07, 6.45) is 14.1. The molecule has 0 aliphatic rings.